The summed E-state index contributed by atoms with van der Waals surface area (Å²) in [5, 5.41) is 21.3. The van der Waals surface area contributed by atoms with Gasteiger partial charge in [0.05, 0.1) is 23.4 Å². The van der Waals surface area contributed by atoms with Crippen LogP contribution in [0.1, 0.15) is 0 Å². The van der Waals surface area contributed by atoms with Crippen LogP contribution in [0.25, 0.3) is 33.4 Å². The van der Waals surface area contributed by atoms with Gasteiger partial charge in [0.2, 0.25) is 5.36 Å². The van der Waals surface area contributed by atoms with Gasteiger partial charge < -0.3 is 24.1 Å². The molecule has 1 aliphatic carbocycles. The van der Waals surface area contributed by atoms with Crippen molar-refractivity contribution in [1.29, 1.82) is 0 Å². The highest BCUT2D eigenvalue weighted by atomic mass is 32.2. The molecule has 0 radical (unpaired) electrons. The highest BCUT2D eigenvalue weighted by molar-refractivity contribution is 7.99. The fraction of sp³-hybridized carbons (Fsp3) is 0.162. The van der Waals surface area contributed by atoms with E-state index in [1.807, 2.05) is 107 Å². The van der Waals surface area contributed by atoms with Crippen LogP contribution in [0.3, 0.4) is 0 Å². The molecule has 4 aromatic rings. The first-order chi connectivity index (χ1) is 23.4. The van der Waals surface area contributed by atoms with Gasteiger partial charge in [-0.3, -0.25) is 0 Å². The average molecular weight is 699 g/mol. The van der Waals surface area contributed by atoms with Gasteiger partial charge in [-0.15, -0.1) is 11.8 Å². The van der Waals surface area contributed by atoms with Crippen LogP contribution in [0.2, 0.25) is 0 Å². The molecule has 48 heavy (non-hydrogen) atoms. The Morgan fingerprint density at radius 1 is 0.750 bits per heavy atom. The predicted octanol–water partition coefficient (Wildman–Crippen LogP) is 6.17. The molecule has 2 aliphatic rings. The standard InChI is InChI=1S/C37H34N2O6S3/c40-21-19-38(25-46-29-9-3-1-4-10-29)27-15-17-31-34(23-27)45-35-24-28(39(20-22-41)26-47-30-11-5-2-6-12-30)16-18-32(35)37(31)33-13-7-8-14-36(33)48(42,43)44/h1-18,23-24,40-41H,19-22,25-26H2. The zero-order valence-electron chi connectivity index (χ0n) is 25.9. The van der Waals surface area contributed by atoms with E-state index in [9.17, 15) is 23.2 Å². The molecule has 0 saturated carbocycles. The summed E-state index contributed by atoms with van der Waals surface area (Å²) in [5.74, 6) is 1.64. The van der Waals surface area contributed by atoms with E-state index in [1.165, 1.54) is 12.1 Å². The van der Waals surface area contributed by atoms with Gasteiger partial charge in [0.15, 0.2) is 12.4 Å². The van der Waals surface area contributed by atoms with Crippen molar-refractivity contribution in [3.8, 4) is 22.5 Å². The summed E-state index contributed by atoms with van der Waals surface area (Å²) in [5.41, 5.74) is 2.81. The Balaban J connectivity index is 1.53. The van der Waals surface area contributed by atoms with Crippen LogP contribution >= 0.6 is 23.5 Å². The minimum Gasteiger partial charge on any atom is -0.744 e. The lowest BCUT2D eigenvalue weighted by Gasteiger charge is -2.25. The molecule has 0 atom stereocenters. The molecule has 0 fully saturated rings. The highest BCUT2D eigenvalue weighted by Crippen LogP contribution is 2.43. The van der Waals surface area contributed by atoms with Gasteiger partial charge in [0.25, 0.3) is 0 Å². The number of anilines is 1. The van der Waals surface area contributed by atoms with Crippen LogP contribution < -0.4 is 14.8 Å². The number of hydrogen-bond acceptors (Lipinski definition) is 9. The van der Waals surface area contributed by atoms with E-state index >= 15 is 0 Å². The molecule has 2 N–H and O–H groups in total. The summed E-state index contributed by atoms with van der Waals surface area (Å²) < 4.78 is 46.0. The Morgan fingerprint density at radius 2 is 1.44 bits per heavy atom. The van der Waals surface area contributed by atoms with E-state index in [0.29, 0.717) is 52.7 Å². The zero-order chi connectivity index (χ0) is 33.5. The lowest BCUT2D eigenvalue weighted by molar-refractivity contribution is 0.286. The first-order valence-electron chi connectivity index (χ1n) is 15.3. The molecule has 6 rings (SSSR count). The molecule has 4 aromatic carbocycles. The molecule has 0 bridgehead atoms. The van der Waals surface area contributed by atoms with Crippen molar-refractivity contribution in [3.63, 3.8) is 0 Å². The highest BCUT2D eigenvalue weighted by Gasteiger charge is 2.23. The molecule has 8 nitrogen and oxygen atoms in total. The third-order valence-corrected chi connectivity index (χ3v) is 10.8. The summed E-state index contributed by atoms with van der Waals surface area (Å²) in [7, 11) is -4.80. The number of rotatable bonds is 13. The minimum atomic E-state index is -4.80. The van der Waals surface area contributed by atoms with E-state index in [4.69, 9.17) is 4.42 Å². The third kappa shape index (κ3) is 7.78. The van der Waals surface area contributed by atoms with Gasteiger partial charge in [-0.25, -0.2) is 13.0 Å². The smallest absolute Gasteiger partial charge is 0.204 e. The zero-order valence-corrected chi connectivity index (χ0v) is 28.4. The first-order valence-corrected chi connectivity index (χ1v) is 18.7. The Hall–Kier alpha value is -4.10. The van der Waals surface area contributed by atoms with Crippen molar-refractivity contribution < 1.29 is 27.6 Å². The molecule has 0 saturated heterocycles. The number of hydrogen-bond donors (Lipinski definition) is 2. The Labute approximate surface area is 288 Å². The Morgan fingerprint density at radius 3 is 2.12 bits per heavy atom. The van der Waals surface area contributed by atoms with Gasteiger partial charge in [0.1, 0.15) is 28.1 Å². The number of thioether (sulfide) groups is 2. The van der Waals surface area contributed by atoms with E-state index in [0.717, 1.165) is 20.8 Å². The summed E-state index contributed by atoms with van der Waals surface area (Å²) in [6.07, 6.45) is 0. The largest absolute Gasteiger partial charge is 0.744 e. The minimum absolute atomic E-state index is 0.0483. The molecule has 0 amide bonds. The monoisotopic (exact) mass is 698 g/mol. The molecular formula is C37H34N2O6S3. The number of benzene rings is 5. The Bertz CT molecular complexity index is 2160. The quantitative estimate of drug-likeness (QED) is 0.0480. The van der Waals surface area contributed by atoms with Gasteiger partial charge in [0, 0.05) is 56.2 Å². The van der Waals surface area contributed by atoms with Gasteiger partial charge in [-0.1, -0.05) is 66.4 Å². The average Bonchev–Trinajstić information content (AvgIpc) is 3.11. The lowest BCUT2D eigenvalue weighted by atomic mass is 9.93. The van der Waals surface area contributed by atoms with Crippen molar-refractivity contribution in [2.24, 2.45) is 0 Å². The van der Waals surface area contributed by atoms with Crippen LogP contribution in [0.5, 0.6) is 0 Å². The second-order valence-electron chi connectivity index (χ2n) is 10.9. The van der Waals surface area contributed by atoms with Crippen LogP contribution in [-0.2, 0) is 10.1 Å². The van der Waals surface area contributed by atoms with Crippen LogP contribution in [0.4, 0.5) is 5.69 Å². The molecule has 0 spiro atoms. The molecule has 11 heteroatoms. The molecule has 0 aromatic heterocycles. The van der Waals surface area contributed by atoms with Gasteiger partial charge in [-0.2, -0.15) is 0 Å². The maximum Gasteiger partial charge on any atom is 0.204 e. The predicted molar refractivity (Wildman–Crippen MR) is 192 cm³/mol. The van der Waals surface area contributed by atoms with Crippen molar-refractivity contribution in [1.82, 2.24) is 4.58 Å². The molecule has 1 aliphatic heterocycles. The summed E-state index contributed by atoms with van der Waals surface area (Å²) >= 11 is 3.29. The Kier molecular flexibility index (Phi) is 10.9. The topological polar surface area (TPSA) is 117 Å². The second-order valence-corrected chi connectivity index (χ2v) is 14.3. The molecule has 0 unspecified atom stereocenters. The van der Waals surface area contributed by atoms with E-state index in [2.05, 4.69) is 0 Å². The van der Waals surface area contributed by atoms with Crippen LogP contribution in [0.15, 0.2) is 140 Å². The fourth-order valence-corrected chi connectivity index (χ4v) is 8.11. The SMILES string of the molecule is O=S(=O)([O-])c1ccccc1-c1c2cc/c(=[N+](\CCO)CSc3ccccc3)cc-2oc2cc(N(CCO)CSc3ccccc3)ccc12. The van der Waals surface area contributed by atoms with Gasteiger partial charge >= 0.3 is 0 Å². The van der Waals surface area contributed by atoms with Crippen molar-refractivity contribution in [2.75, 3.05) is 43.0 Å². The van der Waals surface area contributed by atoms with Crippen LogP contribution in [-0.4, -0.2) is 61.2 Å². The summed E-state index contributed by atoms with van der Waals surface area (Å²) in [6, 6.07) is 37.6. The maximum absolute atomic E-state index is 12.5. The van der Waals surface area contributed by atoms with E-state index < -0.39 is 10.1 Å². The summed E-state index contributed by atoms with van der Waals surface area (Å²) in [6.45, 7) is 0.686. The van der Waals surface area contributed by atoms with E-state index in [-0.39, 0.29) is 23.7 Å². The molecular weight excluding hydrogens is 665 g/mol. The third-order valence-electron chi connectivity index (χ3n) is 7.85. The first kappa shape index (κ1) is 33.8. The normalized spacial score (nSPS) is 12.4. The summed E-state index contributed by atoms with van der Waals surface area (Å²) in [4.78, 5) is 3.93. The number of fused-ring (bicyclic) bond motifs is 2. The number of aliphatic hydroxyl groups is 2. The lowest BCUT2D eigenvalue weighted by Crippen LogP contribution is -2.32. The molecule has 246 valence electrons. The number of nitrogens with zero attached hydrogens (tertiary/aromatic N) is 2. The van der Waals surface area contributed by atoms with Crippen LogP contribution in [0, 0.1) is 0 Å². The van der Waals surface area contributed by atoms with Crippen molar-refractivity contribution in [3.05, 3.63) is 127 Å². The van der Waals surface area contributed by atoms with Gasteiger partial charge in [-0.05, 0) is 48.5 Å². The van der Waals surface area contributed by atoms with Crippen molar-refractivity contribution in [2.45, 2.75) is 14.7 Å². The fourth-order valence-electron chi connectivity index (χ4n) is 5.56. The maximum atomic E-state index is 12.5. The van der Waals surface area contributed by atoms with E-state index in [1.54, 1.807) is 35.7 Å². The number of aliphatic hydroxyl groups excluding tert-OH is 2. The van der Waals surface area contributed by atoms with Crippen molar-refractivity contribution >= 4 is 50.3 Å². The second kappa shape index (κ2) is 15.4. The molecule has 1 heterocycles.